The molecule has 0 spiro atoms. The number of unbranched alkanes of at least 4 members (excludes halogenated alkanes) is 2. The van der Waals surface area contributed by atoms with Crippen LogP contribution in [-0.4, -0.2) is 59.6 Å². The van der Waals surface area contributed by atoms with E-state index in [-0.39, 0.29) is 43.5 Å². The summed E-state index contributed by atoms with van der Waals surface area (Å²) in [4.78, 5) is 40.6. The number of esters is 1. The van der Waals surface area contributed by atoms with Gasteiger partial charge >= 0.3 is 5.97 Å². The van der Waals surface area contributed by atoms with E-state index in [1.807, 2.05) is 60.7 Å². The number of rotatable bonds is 19. The highest BCUT2D eigenvalue weighted by Gasteiger charge is 2.31. The number of nitrogens with one attached hydrogen (secondary N) is 1. The Morgan fingerprint density at radius 2 is 1.79 bits per heavy atom. The van der Waals surface area contributed by atoms with Crippen LogP contribution >= 0.6 is 0 Å². The molecule has 1 fully saturated rings. The Hall–Kier alpha value is -3.91. The predicted octanol–water partition coefficient (Wildman–Crippen LogP) is 5.15. The SMILES string of the molecule is C=CCCCCC(=O)OC[C@H](Cc1ccc(OCc2ccccc2)cc1)NC(=O)[C@H](CC=C)CC(=O)N1CCC[C@H]1CO. The maximum atomic E-state index is 13.4. The first-order chi connectivity index (χ1) is 20.9. The number of likely N-dealkylation sites (tertiary alicyclic amines) is 1. The summed E-state index contributed by atoms with van der Waals surface area (Å²) in [7, 11) is 0. The first-order valence-corrected chi connectivity index (χ1v) is 15.3. The molecule has 1 heterocycles. The molecule has 0 aromatic heterocycles. The maximum Gasteiger partial charge on any atom is 0.305 e. The first kappa shape index (κ1) is 33.6. The van der Waals surface area contributed by atoms with E-state index in [4.69, 9.17) is 9.47 Å². The van der Waals surface area contributed by atoms with Gasteiger partial charge in [-0.05, 0) is 68.2 Å². The molecular weight excluding hydrogens is 544 g/mol. The molecule has 2 aromatic rings. The van der Waals surface area contributed by atoms with Crippen molar-refractivity contribution in [1.29, 1.82) is 0 Å². The van der Waals surface area contributed by atoms with Gasteiger partial charge in [0, 0.05) is 19.4 Å². The van der Waals surface area contributed by atoms with Crippen molar-refractivity contribution in [2.24, 2.45) is 5.92 Å². The van der Waals surface area contributed by atoms with E-state index in [1.54, 1.807) is 11.0 Å². The molecule has 0 aliphatic carbocycles. The highest BCUT2D eigenvalue weighted by molar-refractivity contribution is 5.86. The van der Waals surface area contributed by atoms with Crippen LogP contribution in [0.15, 0.2) is 79.9 Å². The third kappa shape index (κ3) is 11.7. The van der Waals surface area contributed by atoms with Gasteiger partial charge in [-0.2, -0.15) is 0 Å². The largest absolute Gasteiger partial charge is 0.489 e. The fraction of sp³-hybridized carbons (Fsp3) is 0.457. The highest BCUT2D eigenvalue weighted by atomic mass is 16.5. The lowest BCUT2D eigenvalue weighted by Gasteiger charge is -2.26. The number of carbonyl (C=O) groups is 3. The minimum Gasteiger partial charge on any atom is -0.489 e. The lowest BCUT2D eigenvalue weighted by Crippen LogP contribution is -2.45. The van der Waals surface area contributed by atoms with Gasteiger partial charge in [-0.25, -0.2) is 0 Å². The van der Waals surface area contributed by atoms with Crippen molar-refractivity contribution in [1.82, 2.24) is 10.2 Å². The minimum absolute atomic E-state index is 0.0196. The van der Waals surface area contributed by atoms with E-state index in [0.29, 0.717) is 38.8 Å². The summed E-state index contributed by atoms with van der Waals surface area (Å²) in [5.41, 5.74) is 2.02. The van der Waals surface area contributed by atoms with Gasteiger partial charge in [0.2, 0.25) is 11.8 Å². The van der Waals surface area contributed by atoms with Crippen LogP contribution < -0.4 is 10.1 Å². The van der Waals surface area contributed by atoms with Gasteiger partial charge in [-0.3, -0.25) is 14.4 Å². The van der Waals surface area contributed by atoms with Crippen LogP contribution in [0.3, 0.4) is 0 Å². The molecule has 3 rings (SSSR count). The summed E-state index contributed by atoms with van der Waals surface area (Å²) >= 11 is 0. The van der Waals surface area contributed by atoms with E-state index in [2.05, 4.69) is 18.5 Å². The first-order valence-electron chi connectivity index (χ1n) is 15.3. The Morgan fingerprint density at radius 1 is 1.02 bits per heavy atom. The smallest absolute Gasteiger partial charge is 0.305 e. The van der Waals surface area contributed by atoms with Crippen LogP contribution in [0.25, 0.3) is 0 Å². The van der Waals surface area contributed by atoms with Gasteiger partial charge in [0.1, 0.15) is 19.0 Å². The number of amides is 2. The van der Waals surface area contributed by atoms with E-state index in [0.717, 1.165) is 42.6 Å². The summed E-state index contributed by atoms with van der Waals surface area (Å²) in [5.74, 6) is -0.632. The van der Waals surface area contributed by atoms with Crippen LogP contribution in [-0.2, 0) is 32.1 Å². The molecule has 232 valence electrons. The molecule has 43 heavy (non-hydrogen) atoms. The molecule has 1 aliphatic rings. The van der Waals surface area contributed by atoms with Crippen LogP contribution in [0, 0.1) is 5.92 Å². The van der Waals surface area contributed by atoms with E-state index in [1.165, 1.54) is 0 Å². The third-order valence-electron chi connectivity index (χ3n) is 7.64. The molecule has 2 aromatic carbocycles. The van der Waals surface area contributed by atoms with Gasteiger partial charge in [0.05, 0.1) is 24.6 Å². The van der Waals surface area contributed by atoms with E-state index < -0.39 is 12.0 Å². The second-order valence-electron chi connectivity index (χ2n) is 11.0. The zero-order chi connectivity index (χ0) is 30.9. The molecule has 2 amide bonds. The molecule has 3 atom stereocenters. The Balaban J connectivity index is 1.63. The molecule has 0 saturated carbocycles. The standard InChI is InChI=1S/C35H46N2O6/c1-3-5-6-10-16-34(40)43-26-30(22-27-17-19-32(20-18-27)42-25-28-13-8-7-9-14-28)36-35(41)29(12-4-2)23-33(39)37-21-11-15-31(37)24-38/h3-4,7-9,13-14,17-20,29-31,38H,1-2,5-6,10-12,15-16,21-26H2,(H,36,41)/t29-,30+,31+/m1/s1. The van der Waals surface area contributed by atoms with Gasteiger partial charge < -0.3 is 24.8 Å². The molecule has 0 bridgehead atoms. The van der Waals surface area contributed by atoms with Crippen molar-refractivity contribution >= 4 is 17.8 Å². The Morgan fingerprint density at radius 3 is 2.49 bits per heavy atom. The van der Waals surface area contributed by atoms with Crippen molar-refractivity contribution in [3.63, 3.8) is 0 Å². The van der Waals surface area contributed by atoms with Crippen LogP contribution in [0.4, 0.5) is 0 Å². The summed E-state index contributed by atoms with van der Waals surface area (Å²) in [5, 5.41) is 12.7. The number of aliphatic hydroxyl groups excluding tert-OH is 1. The lowest BCUT2D eigenvalue weighted by atomic mass is 9.98. The summed E-state index contributed by atoms with van der Waals surface area (Å²) in [6.45, 7) is 8.46. The van der Waals surface area contributed by atoms with Crippen molar-refractivity contribution in [3.05, 3.63) is 91.0 Å². The van der Waals surface area contributed by atoms with Gasteiger partial charge in [-0.1, -0.05) is 54.6 Å². The molecule has 8 nitrogen and oxygen atoms in total. The summed E-state index contributed by atoms with van der Waals surface area (Å²) in [6.07, 6.45) is 8.57. The lowest BCUT2D eigenvalue weighted by molar-refractivity contribution is -0.145. The molecule has 8 heteroatoms. The Kier molecular flexibility index (Phi) is 14.5. The number of carbonyl (C=O) groups excluding carboxylic acids is 3. The molecular formula is C35H46N2O6. The summed E-state index contributed by atoms with van der Waals surface area (Å²) in [6, 6.07) is 16.9. The zero-order valence-electron chi connectivity index (χ0n) is 25.1. The van der Waals surface area contributed by atoms with Gasteiger partial charge in [0.15, 0.2) is 0 Å². The third-order valence-corrected chi connectivity index (χ3v) is 7.64. The highest BCUT2D eigenvalue weighted by Crippen LogP contribution is 2.21. The monoisotopic (exact) mass is 590 g/mol. The normalized spacial score (nSPS) is 15.7. The minimum atomic E-state index is -0.615. The zero-order valence-corrected chi connectivity index (χ0v) is 25.1. The number of benzene rings is 2. The number of hydrogen-bond acceptors (Lipinski definition) is 6. The van der Waals surface area contributed by atoms with E-state index in [9.17, 15) is 19.5 Å². The molecule has 0 radical (unpaired) electrons. The van der Waals surface area contributed by atoms with Crippen molar-refractivity contribution in [3.8, 4) is 5.75 Å². The molecule has 2 N–H and O–H groups in total. The molecule has 1 saturated heterocycles. The predicted molar refractivity (Wildman–Crippen MR) is 167 cm³/mol. The fourth-order valence-electron chi connectivity index (χ4n) is 5.21. The van der Waals surface area contributed by atoms with Gasteiger partial charge in [0.25, 0.3) is 0 Å². The Labute approximate surface area is 255 Å². The number of ether oxygens (including phenoxy) is 2. The van der Waals surface area contributed by atoms with Crippen LogP contribution in [0.1, 0.15) is 62.5 Å². The Bertz CT molecular complexity index is 1170. The number of aliphatic hydroxyl groups is 1. The van der Waals surface area contributed by atoms with Crippen molar-refractivity contribution < 1.29 is 29.0 Å². The number of allylic oxidation sites excluding steroid dienone is 2. The number of nitrogens with zero attached hydrogens (tertiary/aromatic N) is 1. The topological polar surface area (TPSA) is 105 Å². The fourth-order valence-corrected chi connectivity index (χ4v) is 5.21. The molecule has 1 aliphatic heterocycles. The van der Waals surface area contributed by atoms with Crippen molar-refractivity contribution in [2.75, 3.05) is 19.8 Å². The van der Waals surface area contributed by atoms with Gasteiger partial charge in [-0.15, -0.1) is 13.2 Å². The maximum absolute atomic E-state index is 13.4. The van der Waals surface area contributed by atoms with Crippen LogP contribution in [0.2, 0.25) is 0 Å². The summed E-state index contributed by atoms with van der Waals surface area (Å²) < 4.78 is 11.5. The van der Waals surface area contributed by atoms with Crippen LogP contribution in [0.5, 0.6) is 5.75 Å². The number of hydrogen-bond donors (Lipinski definition) is 2. The molecule has 0 unspecified atom stereocenters. The second kappa shape index (κ2) is 18.6. The second-order valence-corrected chi connectivity index (χ2v) is 11.0. The average molecular weight is 591 g/mol. The van der Waals surface area contributed by atoms with Crippen molar-refractivity contribution in [2.45, 2.75) is 76.5 Å². The van der Waals surface area contributed by atoms with E-state index >= 15 is 0 Å². The average Bonchev–Trinajstić information content (AvgIpc) is 3.51. The quantitative estimate of drug-likeness (QED) is 0.133.